The molecule has 0 fully saturated rings. The molecule has 19 heavy (non-hydrogen) atoms. The molecular weight excluding hydrogens is 286 g/mol. The molecule has 0 radical (unpaired) electrons. The summed E-state index contributed by atoms with van der Waals surface area (Å²) in [6, 6.07) is 4.59. The Balaban J connectivity index is 2.47. The number of nitrogens with zero attached hydrogens (tertiary/aromatic N) is 1. The fourth-order valence-corrected chi connectivity index (χ4v) is 2.93. The van der Waals surface area contributed by atoms with Crippen molar-refractivity contribution in [3.8, 4) is 0 Å². The summed E-state index contributed by atoms with van der Waals surface area (Å²) in [6.45, 7) is 6.09. The van der Waals surface area contributed by atoms with Crippen molar-refractivity contribution in [3.05, 3.63) is 35.9 Å². The molecular formula is C13H14ClNO3S. The quantitative estimate of drug-likeness (QED) is 0.636. The highest BCUT2D eigenvalue weighted by molar-refractivity contribution is 8.13. The summed E-state index contributed by atoms with van der Waals surface area (Å²) >= 11 is 0. The van der Waals surface area contributed by atoms with Crippen LogP contribution in [-0.4, -0.2) is 20.9 Å². The summed E-state index contributed by atoms with van der Waals surface area (Å²) in [5, 5.41) is 0. The van der Waals surface area contributed by atoms with Gasteiger partial charge >= 0.3 is 0 Å². The Labute approximate surface area is 117 Å². The number of carbonyl (C=O) groups is 1. The van der Waals surface area contributed by atoms with Gasteiger partial charge < -0.3 is 4.90 Å². The molecule has 102 valence electrons. The van der Waals surface area contributed by atoms with E-state index in [0.29, 0.717) is 19.4 Å². The van der Waals surface area contributed by atoms with Gasteiger partial charge in [-0.15, -0.1) is 0 Å². The van der Waals surface area contributed by atoms with E-state index < -0.39 is 9.05 Å². The zero-order chi connectivity index (χ0) is 14.2. The van der Waals surface area contributed by atoms with E-state index in [-0.39, 0.29) is 10.8 Å². The minimum absolute atomic E-state index is 0.0250. The van der Waals surface area contributed by atoms with E-state index >= 15 is 0 Å². The van der Waals surface area contributed by atoms with Crippen LogP contribution in [0.15, 0.2) is 35.2 Å². The zero-order valence-corrected chi connectivity index (χ0v) is 12.1. The number of amides is 1. The van der Waals surface area contributed by atoms with Crippen LogP contribution in [0.4, 0.5) is 5.69 Å². The number of hydrogen-bond acceptors (Lipinski definition) is 3. The largest absolute Gasteiger partial charge is 0.308 e. The molecule has 1 heterocycles. The average molecular weight is 300 g/mol. The van der Waals surface area contributed by atoms with Crippen LogP contribution >= 0.6 is 10.7 Å². The third-order valence-corrected chi connectivity index (χ3v) is 4.31. The topological polar surface area (TPSA) is 54.5 Å². The lowest BCUT2D eigenvalue weighted by Gasteiger charge is -2.29. The SMILES string of the molecule is C=C(C)CN1C(=O)CCc2cc(S(=O)(=O)Cl)ccc21. The van der Waals surface area contributed by atoms with Crippen molar-refractivity contribution >= 4 is 31.3 Å². The first-order valence-electron chi connectivity index (χ1n) is 5.81. The minimum atomic E-state index is -3.74. The predicted molar refractivity (Wildman–Crippen MR) is 75.0 cm³/mol. The van der Waals surface area contributed by atoms with E-state index in [2.05, 4.69) is 6.58 Å². The van der Waals surface area contributed by atoms with Crippen LogP contribution in [0.2, 0.25) is 0 Å². The monoisotopic (exact) mass is 299 g/mol. The number of hydrogen-bond donors (Lipinski definition) is 0. The van der Waals surface area contributed by atoms with E-state index in [0.717, 1.165) is 16.8 Å². The lowest BCUT2D eigenvalue weighted by molar-refractivity contribution is -0.118. The first-order valence-corrected chi connectivity index (χ1v) is 8.12. The normalized spacial score (nSPS) is 15.3. The maximum Gasteiger partial charge on any atom is 0.261 e. The van der Waals surface area contributed by atoms with Crippen LogP contribution in [0.5, 0.6) is 0 Å². The standard InChI is InChI=1S/C13H14ClNO3S/c1-9(2)8-15-12-5-4-11(19(14,17)18)7-10(12)3-6-13(15)16/h4-5,7H,1,3,6,8H2,2H3. The zero-order valence-electron chi connectivity index (χ0n) is 10.5. The van der Waals surface area contributed by atoms with Crippen LogP contribution in [0.25, 0.3) is 0 Å². The third-order valence-electron chi connectivity index (χ3n) is 2.96. The molecule has 0 N–H and O–H groups in total. The molecule has 1 amide bonds. The maximum absolute atomic E-state index is 11.9. The second-order valence-electron chi connectivity index (χ2n) is 4.67. The highest BCUT2D eigenvalue weighted by Gasteiger charge is 2.25. The summed E-state index contributed by atoms with van der Waals surface area (Å²) in [7, 11) is 1.59. The summed E-state index contributed by atoms with van der Waals surface area (Å²) < 4.78 is 22.6. The Bertz CT molecular complexity index is 652. The number of rotatable bonds is 3. The Morgan fingerprint density at radius 2 is 2.11 bits per heavy atom. The van der Waals surface area contributed by atoms with Gasteiger partial charge in [0.25, 0.3) is 9.05 Å². The van der Waals surface area contributed by atoms with Crippen LogP contribution in [-0.2, 0) is 20.3 Å². The molecule has 0 bridgehead atoms. The predicted octanol–water partition coefficient (Wildman–Crippen LogP) is 2.47. The summed E-state index contributed by atoms with van der Waals surface area (Å²) in [5.74, 6) is 0.0250. The van der Waals surface area contributed by atoms with E-state index in [4.69, 9.17) is 10.7 Å². The molecule has 0 unspecified atom stereocenters. The van der Waals surface area contributed by atoms with Crippen molar-refractivity contribution < 1.29 is 13.2 Å². The molecule has 4 nitrogen and oxygen atoms in total. The third kappa shape index (κ3) is 2.98. The van der Waals surface area contributed by atoms with Gasteiger partial charge in [-0.2, -0.15) is 0 Å². The van der Waals surface area contributed by atoms with E-state index in [1.807, 2.05) is 6.92 Å². The van der Waals surface area contributed by atoms with Crippen LogP contribution < -0.4 is 4.90 Å². The van der Waals surface area contributed by atoms with Gasteiger partial charge in [-0.05, 0) is 37.1 Å². The molecule has 1 aromatic carbocycles. The lowest BCUT2D eigenvalue weighted by atomic mass is 10.0. The molecule has 0 saturated heterocycles. The number of benzene rings is 1. The molecule has 2 rings (SSSR count). The molecule has 0 aliphatic carbocycles. The van der Waals surface area contributed by atoms with Crippen molar-refractivity contribution in [3.63, 3.8) is 0 Å². The highest BCUT2D eigenvalue weighted by atomic mass is 35.7. The molecule has 0 atom stereocenters. The van der Waals surface area contributed by atoms with E-state index in [1.165, 1.54) is 12.1 Å². The summed E-state index contributed by atoms with van der Waals surface area (Å²) in [5.41, 5.74) is 2.43. The first kappa shape index (κ1) is 14.1. The molecule has 1 aliphatic heterocycles. The van der Waals surface area contributed by atoms with Gasteiger partial charge in [0.05, 0.1) is 4.90 Å². The van der Waals surface area contributed by atoms with Crippen molar-refractivity contribution in [2.45, 2.75) is 24.7 Å². The number of carbonyl (C=O) groups excluding carboxylic acids is 1. The second kappa shape index (κ2) is 4.98. The Hall–Kier alpha value is -1.33. The van der Waals surface area contributed by atoms with Gasteiger partial charge in [0.15, 0.2) is 0 Å². The van der Waals surface area contributed by atoms with E-state index in [9.17, 15) is 13.2 Å². The fourth-order valence-electron chi connectivity index (χ4n) is 2.13. The van der Waals surface area contributed by atoms with Crippen molar-refractivity contribution in [1.29, 1.82) is 0 Å². The highest BCUT2D eigenvalue weighted by Crippen LogP contribution is 2.31. The van der Waals surface area contributed by atoms with Crippen molar-refractivity contribution in [1.82, 2.24) is 0 Å². The second-order valence-corrected chi connectivity index (χ2v) is 7.23. The van der Waals surface area contributed by atoms with Gasteiger partial charge in [-0.1, -0.05) is 12.2 Å². The van der Waals surface area contributed by atoms with E-state index in [1.54, 1.807) is 11.0 Å². The Kier molecular flexibility index (Phi) is 3.69. The minimum Gasteiger partial charge on any atom is -0.308 e. The van der Waals surface area contributed by atoms with Crippen LogP contribution in [0, 0.1) is 0 Å². The van der Waals surface area contributed by atoms with Crippen LogP contribution in [0.1, 0.15) is 18.9 Å². The number of fused-ring (bicyclic) bond motifs is 1. The molecule has 6 heteroatoms. The van der Waals surface area contributed by atoms with Gasteiger partial charge in [-0.3, -0.25) is 4.79 Å². The fraction of sp³-hybridized carbons (Fsp3) is 0.308. The van der Waals surface area contributed by atoms with Gasteiger partial charge in [-0.25, -0.2) is 8.42 Å². The average Bonchev–Trinajstić information content (AvgIpc) is 2.30. The summed E-state index contributed by atoms with van der Waals surface area (Å²) in [4.78, 5) is 13.6. The van der Waals surface area contributed by atoms with Gasteiger partial charge in [0.2, 0.25) is 5.91 Å². The summed E-state index contributed by atoms with van der Waals surface area (Å²) in [6.07, 6.45) is 0.896. The molecule has 1 aliphatic rings. The van der Waals surface area contributed by atoms with Gasteiger partial charge in [0.1, 0.15) is 0 Å². The lowest BCUT2D eigenvalue weighted by Crippen LogP contribution is -2.36. The van der Waals surface area contributed by atoms with Crippen LogP contribution in [0.3, 0.4) is 0 Å². The number of anilines is 1. The smallest absolute Gasteiger partial charge is 0.261 e. The molecule has 0 aromatic heterocycles. The Morgan fingerprint density at radius 1 is 1.42 bits per heavy atom. The molecule has 0 saturated carbocycles. The number of aryl methyl sites for hydroxylation is 1. The van der Waals surface area contributed by atoms with Crippen molar-refractivity contribution in [2.24, 2.45) is 0 Å². The molecule has 1 aromatic rings. The van der Waals surface area contributed by atoms with Crippen molar-refractivity contribution in [2.75, 3.05) is 11.4 Å². The van der Waals surface area contributed by atoms with Gasteiger partial charge in [0, 0.05) is 29.3 Å². The first-order chi connectivity index (χ1) is 8.79. The maximum atomic E-state index is 11.9. The number of halogens is 1. The molecule has 0 spiro atoms. The Morgan fingerprint density at radius 3 is 2.68 bits per heavy atom.